The number of amides is 1. The van der Waals surface area contributed by atoms with Crippen molar-refractivity contribution in [2.45, 2.75) is 19.9 Å². The van der Waals surface area contributed by atoms with E-state index in [2.05, 4.69) is 18.3 Å². The quantitative estimate of drug-likeness (QED) is 0.767. The molecule has 85 valence electrons. The highest BCUT2D eigenvalue weighted by molar-refractivity contribution is 5.94. The van der Waals surface area contributed by atoms with Crippen molar-refractivity contribution in [3.63, 3.8) is 0 Å². The Morgan fingerprint density at radius 2 is 2.44 bits per heavy atom. The molecule has 1 amide bonds. The van der Waals surface area contributed by atoms with Gasteiger partial charge in [0.15, 0.2) is 0 Å². The summed E-state index contributed by atoms with van der Waals surface area (Å²) in [4.78, 5) is 14.1. The van der Waals surface area contributed by atoms with E-state index < -0.39 is 0 Å². The van der Waals surface area contributed by atoms with Gasteiger partial charge in [0.25, 0.3) is 5.91 Å². The summed E-state index contributed by atoms with van der Waals surface area (Å²) < 4.78 is 0. The predicted molar refractivity (Wildman–Crippen MR) is 63.4 cm³/mol. The fraction of sp³-hybridized carbons (Fsp3) is 0.462. The maximum Gasteiger partial charge on any atom is 0.254 e. The Morgan fingerprint density at radius 3 is 3.12 bits per heavy atom. The summed E-state index contributed by atoms with van der Waals surface area (Å²) in [5.41, 5.74) is 1.78. The smallest absolute Gasteiger partial charge is 0.254 e. The summed E-state index contributed by atoms with van der Waals surface area (Å²) >= 11 is 0. The molecule has 0 aliphatic carbocycles. The molecule has 0 aromatic heterocycles. The lowest BCUT2D eigenvalue weighted by molar-refractivity contribution is 0.0655. The number of aryl methyl sites for hydroxylation is 1. The third-order valence-electron chi connectivity index (χ3n) is 2.95. The van der Waals surface area contributed by atoms with Gasteiger partial charge in [-0.15, -0.1) is 0 Å². The van der Waals surface area contributed by atoms with Gasteiger partial charge >= 0.3 is 0 Å². The van der Waals surface area contributed by atoms with E-state index in [0.29, 0.717) is 5.56 Å². The van der Waals surface area contributed by atoms with Gasteiger partial charge in [-0.25, -0.2) is 0 Å². The molecule has 1 aromatic carbocycles. The second-order valence-corrected chi connectivity index (χ2v) is 4.33. The van der Waals surface area contributed by atoms with Crippen molar-refractivity contribution in [1.82, 2.24) is 10.2 Å². The van der Waals surface area contributed by atoms with E-state index in [4.69, 9.17) is 0 Å². The minimum absolute atomic E-state index is 0.0951. The van der Waals surface area contributed by atoms with Crippen LogP contribution in [0, 0.1) is 13.0 Å². The van der Waals surface area contributed by atoms with E-state index in [1.807, 2.05) is 30.0 Å². The van der Waals surface area contributed by atoms with Crippen molar-refractivity contribution in [3.05, 3.63) is 35.4 Å². The van der Waals surface area contributed by atoms with Gasteiger partial charge in [-0.05, 0) is 26.0 Å². The molecule has 0 bridgehead atoms. The molecule has 1 aromatic rings. The average Bonchev–Trinajstić information content (AvgIpc) is 2.29. The van der Waals surface area contributed by atoms with Crippen LogP contribution in [0.5, 0.6) is 0 Å². The molecule has 0 unspecified atom stereocenters. The summed E-state index contributed by atoms with van der Waals surface area (Å²) in [5, 5.41) is 3.28. The number of hydrogen-bond acceptors (Lipinski definition) is 2. The maximum absolute atomic E-state index is 12.2. The van der Waals surface area contributed by atoms with Crippen LogP contribution in [0.15, 0.2) is 18.2 Å². The zero-order valence-electron chi connectivity index (χ0n) is 9.79. The van der Waals surface area contributed by atoms with E-state index in [0.717, 1.165) is 25.2 Å². The fourth-order valence-electron chi connectivity index (χ4n) is 2.00. The van der Waals surface area contributed by atoms with Crippen LogP contribution >= 0.6 is 0 Å². The highest BCUT2D eigenvalue weighted by Gasteiger charge is 2.23. The summed E-state index contributed by atoms with van der Waals surface area (Å²) in [6.07, 6.45) is 0. The number of piperazine rings is 1. The van der Waals surface area contributed by atoms with Gasteiger partial charge in [0.05, 0.1) is 0 Å². The Kier molecular flexibility index (Phi) is 3.25. The molecule has 16 heavy (non-hydrogen) atoms. The second kappa shape index (κ2) is 4.66. The zero-order valence-corrected chi connectivity index (χ0v) is 9.79. The lowest BCUT2D eigenvalue weighted by atomic mass is 10.1. The topological polar surface area (TPSA) is 32.3 Å². The van der Waals surface area contributed by atoms with Crippen LogP contribution in [0.2, 0.25) is 0 Å². The van der Waals surface area contributed by atoms with Crippen LogP contribution in [-0.2, 0) is 0 Å². The summed E-state index contributed by atoms with van der Waals surface area (Å²) in [6, 6.07) is 8.95. The highest BCUT2D eigenvalue weighted by atomic mass is 16.2. The molecule has 1 heterocycles. The molecule has 1 N–H and O–H groups in total. The summed E-state index contributed by atoms with van der Waals surface area (Å²) in [5.74, 6) is 0.0951. The van der Waals surface area contributed by atoms with Crippen LogP contribution in [-0.4, -0.2) is 36.5 Å². The molecule has 1 atom stereocenters. The Morgan fingerprint density at radius 1 is 1.62 bits per heavy atom. The third kappa shape index (κ3) is 2.25. The van der Waals surface area contributed by atoms with Crippen LogP contribution in [0.1, 0.15) is 22.8 Å². The number of carbonyl (C=O) groups excluding carboxylic acids is 1. The van der Waals surface area contributed by atoms with E-state index in [-0.39, 0.29) is 11.9 Å². The third-order valence-corrected chi connectivity index (χ3v) is 2.95. The molecule has 0 spiro atoms. The Hall–Kier alpha value is -1.35. The lowest BCUT2D eigenvalue weighted by Gasteiger charge is -2.34. The molecule has 1 aliphatic heterocycles. The number of hydrogen-bond donors (Lipinski definition) is 1. The molecular weight excluding hydrogens is 200 g/mol. The number of nitrogens with zero attached hydrogens (tertiary/aromatic N) is 1. The van der Waals surface area contributed by atoms with Crippen molar-refractivity contribution in [2.75, 3.05) is 19.6 Å². The monoisotopic (exact) mass is 217 g/mol. The first-order valence-corrected chi connectivity index (χ1v) is 5.68. The minimum Gasteiger partial charge on any atom is -0.333 e. The molecule has 1 saturated heterocycles. The summed E-state index contributed by atoms with van der Waals surface area (Å²) in [6.45, 7) is 6.59. The van der Waals surface area contributed by atoms with Gasteiger partial charge in [-0.1, -0.05) is 17.7 Å². The number of benzene rings is 1. The highest BCUT2D eigenvalue weighted by Crippen LogP contribution is 2.11. The number of rotatable bonds is 1. The van der Waals surface area contributed by atoms with Gasteiger partial charge < -0.3 is 10.2 Å². The Labute approximate surface area is 96.5 Å². The standard InChI is InChI=1S/C13H17N2O/c1-10-4-3-5-12(8-10)13(16)15-7-6-14-9-11(15)2/h3-4,8,11,14H,6-7,9H2,1-2H3/t11-/m0/s1. The van der Waals surface area contributed by atoms with Crippen LogP contribution in [0.25, 0.3) is 0 Å². The first-order chi connectivity index (χ1) is 7.68. The summed E-state index contributed by atoms with van der Waals surface area (Å²) in [7, 11) is 0. The van der Waals surface area contributed by atoms with E-state index in [9.17, 15) is 4.79 Å². The van der Waals surface area contributed by atoms with Gasteiger partial charge in [0.2, 0.25) is 0 Å². The van der Waals surface area contributed by atoms with E-state index >= 15 is 0 Å². The Balaban J connectivity index is 2.17. The fourth-order valence-corrected chi connectivity index (χ4v) is 2.00. The van der Waals surface area contributed by atoms with Gasteiger partial charge in [-0.3, -0.25) is 4.79 Å². The molecule has 1 aliphatic rings. The van der Waals surface area contributed by atoms with Crippen molar-refractivity contribution in [2.24, 2.45) is 0 Å². The second-order valence-electron chi connectivity index (χ2n) is 4.33. The first-order valence-electron chi connectivity index (χ1n) is 5.68. The molecule has 1 radical (unpaired) electrons. The largest absolute Gasteiger partial charge is 0.333 e. The minimum atomic E-state index is 0.0951. The lowest BCUT2D eigenvalue weighted by Crippen LogP contribution is -2.52. The normalized spacial score (nSPS) is 20.9. The van der Waals surface area contributed by atoms with E-state index in [1.165, 1.54) is 0 Å². The Bertz CT molecular complexity index is 389. The van der Waals surface area contributed by atoms with Crippen LogP contribution < -0.4 is 5.32 Å². The van der Waals surface area contributed by atoms with Crippen molar-refractivity contribution >= 4 is 5.91 Å². The first kappa shape index (κ1) is 11.1. The van der Waals surface area contributed by atoms with Crippen molar-refractivity contribution in [3.8, 4) is 0 Å². The van der Waals surface area contributed by atoms with Crippen molar-refractivity contribution in [1.29, 1.82) is 0 Å². The molecule has 2 rings (SSSR count). The molecule has 1 fully saturated rings. The number of nitrogens with one attached hydrogen (secondary N) is 1. The van der Waals surface area contributed by atoms with Gasteiger partial charge in [0.1, 0.15) is 0 Å². The van der Waals surface area contributed by atoms with Crippen LogP contribution in [0.4, 0.5) is 0 Å². The predicted octanol–water partition coefficient (Wildman–Crippen LogP) is 1.23. The number of carbonyl (C=O) groups is 1. The maximum atomic E-state index is 12.2. The zero-order chi connectivity index (χ0) is 11.5. The molecular formula is C13H17N2O. The van der Waals surface area contributed by atoms with Gasteiger partial charge in [0, 0.05) is 31.2 Å². The van der Waals surface area contributed by atoms with Crippen LogP contribution in [0.3, 0.4) is 0 Å². The molecule has 3 heteroatoms. The van der Waals surface area contributed by atoms with Gasteiger partial charge in [-0.2, -0.15) is 0 Å². The average molecular weight is 217 g/mol. The van der Waals surface area contributed by atoms with Crippen molar-refractivity contribution < 1.29 is 4.79 Å². The molecule has 0 saturated carbocycles. The molecule has 3 nitrogen and oxygen atoms in total. The SMILES string of the molecule is Cc1cc[c]c(C(=O)N2CCNC[C@@H]2C)c1. The van der Waals surface area contributed by atoms with E-state index in [1.54, 1.807) is 0 Å².